The van der Waals surface area contributed by atoms with Crippen LogP contribution >= 0.6 is 24.8 Å². The molecule has 0 saturated carbocycles. The standard InChI is InChI=1S/2C11H16O.C9H11N.2ClH.Ti/c2*1-8-5-6-10(12)9(7-8)11(2,3)4;1-6-5-10-9(4)8(3)7(6)2;;;/h2*5-7,12H,1-4H3;3,5H,1-2,4H3;2*1H;. The van der Waals surface area contributed by atoms with E-state index in [0.29, 0.717) is 11.5 Å². The monoisotopic (exact) mass is 581 g/mol. The van der Waals surface area contributed by atoms with Gasteiger partial charge in [-0.05, 0) is 47.9 Å². The zero-order valence-electron chi connectivity index (χ0n) is 24.3. The molecule has 0 bridgehead atoms. The average molecular weight is 582 g/mol. The van der Waals surface area contributed by atoms with Gasteiger partial charge in [-0.1, -0.05) is 76.9 Å². The van der Waals surface area contributed by atoms with E-state index in [1.807, 2.05) is 51.2 Å². The van der Waals surface area contributed by atoms with Crippen LogP contribution in [0.3, 0.4) is 0 Å². The summed E-state index contributed by atoms with van der Waals surface area (Å²) in [6.07, 6.45) is 1.93. The van der Waals surface area contributed by atoms with Gasteiger partial charge in [-0.15, -0.1) is 24.8 Å². The number of halogens is 2. The number of aromatic nitrogens is 1. The Morgan fingerprint density at radius 3 is 1.35 bits per heavy atom. The summed E-state index contributed by atoms with van der Waals surface area (Å²) in [6.45, 7) is 22.9. The summed E-state index contributed by atoms with van der Waals surface area (Å²) in [4.78, 5) is 4.28. The van der Waals surface area contributed by atoms with Crippen molar-refractivity contribution < 1.29 is 30.2 Å². The number of hydrogen-bond donors (Lipinski definition) is 2. The minimum absolute atomic E-state index is 0. The maximum Gasteiger partial charge on any atom is -0.147 e. The summed E-state index contributed by atoms with van der Waals surface area (Å²) < 4.78 is 2.12. The molecule has 0 atom stereocenters. The van der Waals surface area contributed by atoms with Crippen LogP contribution in [0.5, 0.6) is 11.5 Å². The van der Waals surface area contributed by atoms with E-state index in [9.17, 15) is 10.2 Å². The van der Waals surface area contributed by atoms with Crippen LogP contribution in [0, 0.1) is 34.6 Å². The fourth-order valence-corrected chi connectivity index (χ4v) is 4.22. The van der Waals surface area contributed by atoms with Crippen LogP contribution in [-0.2, 0) is 30.8 Å². The normalized spacial score (nSPS) is 10.4. The van der Waals surface area contributed by atoms with E-state index in [-0.39, 0.29) is 35.6 Å². The van der Waals surface area contributed by atoms with E-state index in [1.54, 1.807) is 12.1 Å². The van der Waals surface area contributed by atoms with Gasteiger partial charge in [0, 0.05) is 0 Å². The smallest absolute Gasteiger partial charge is 0.147 e. The second kappa shape index (κ2) is 15.7. The zero-order valence-corrected chi connectivity index (χ0v) is 27.5. The van der Waals surface area contributed by atoms with E-state index < -0.39 is 0 Å². The third-order valence-electron chi connectivity index (χ3n) is 5.90. The molecule has 0 fully saturated rings. The summed E-state index contributed by atoms with van der Waals surface area (Å²) in [5.41, 5.74) is 9.48. The summed E-state index contributed by atoms with van der Waals surface area (Å²) in [5.74, 6) is 0.793. The molecule has 204 valence electrons. The number of hydrogen-bond acceptors (Lipinski definition) is 3. The summed E-state index contributed by atoms with van der Waals surface area (Å²) in [6, 6.07) is 11.4. The summed E-state index contributed by atoms with van der Waals surface area (Å²) in [5, 5.41) is 19.1. The number of pyridine rings is 1. The van der Waals surface area contributed by atoms with E-state index in [4.69, 9.17) is 0 Å². The Labute approximate surface area is 248 Å². The predicted octanol–water partition coefficient (Wildman–Crippen LogP) is 8.54. The van der Waals surface area contributed by atoms with Crippen LogP contribution in [0.15, 0.2) is 42.6 Å². The van der Waals surface area contributed by atoms with Gasteiger partial charge < -0.3 is 10.2 Å². The van der Waals surface area contributed by atoms with Crippen LogP contribution in [-0.4, -0.2) is 19.5 Å². The number of aromatic hydroxyl groups is 2. The Kier molecular flexibility index (Phi) is 15.9. The van der Waals surface area contributed by atoms with Crippen molar-refractivity contribution in [2.45, 2.75) is 87.0 Å². The molecule has 0 aliphatic heterocycles. The Bertz CT molecular complexity index is 1100. The third kappa shape index (κ3) is 11.7. The van der Waals surface area contributed by atoms with Gasteiger partial charge in [0.2, 0.25) is 0 Å². The van der Waals surface area contributed by atoms with Crippen molar-refractivity contribution in [1.29, 1.82) is 0 Å². The van der Waals surface area contributed by atoms with Gasteiger partial charge in [0.1, 0.15) is 11.5 Å². The maximum atomic E-state index is 9.57. The van der Waals surface area contributed by atoms with Crippen molar-refractivity contribution in [3.63, 3.8) is 0 Å². The number of phenols is 2. The molecule has 1 aromatic heterocycles. The first kappa shape index (κ1) is 37.5. The Morgan fingerprint density at radius 2 is 1.08 bits per heavy atom. The number of nitrogens with zero attached hydrogens (tertiary/aromatic N) is 1. The SMILES string of the molecule is Cc1ccc(O)c(C(C)(C)C)c1.Cc1ccc(O)c(C(C)(C)C)c1.Cc1cnc(C)c([CH]=[Ti])c1C.Cl.Cl. The van der Waals surface area contributed by atoms with Crippen LogP contribution in [0.4, 0.5) is 0 Å². The van der Waals surface area contributed by atoms with Gasteiger partial charge in [-0.25, -0.2) is 0 Å². The molecule has 0 amide bonds. The molecule has 0 aliphatic rings. The number of rotatable bonds is 1. The molecule has 0 aliphatic carbocycles. The van der Waals surface area contributed by atoms with Crippen LogP contribution < -0.4 is 0 Å². The molecule has 37 heavy (non-hydrogen) atoms. The van der Waals surface area contributed by atoms with E-state index in [2.05, 4.69) is 84.7 Å². The van der Waals surface area contributed by atoms with Gasteiger partial charge in [0.15, 0.2) is 0 Å². The quantitative estimate of drug-likeness (QED) is 0.283. The fourth-order valence-electron chi connectivity index (χ4n) is 3.56. The molecule has 6 heteroatoms. The van der Waals surface area contributed by atoms with Crippen LogP contribution in [0.1, 0.15) is 86.2 Å². The van der Waals surface area contributed by atoms with Crippen molar-refractivity contribution in [1.82, 2.24) is 4.98 Å². The Balaban J connectivity index is 0. The summed E-state index contributed by atoms with van der Waals surface area (Å²) in [7, 11) is 0. The molecule has 3 aromatic rings. The van der Waals surface area contributed by atoms with Gasteiger partial charge in [-0.3, -0.25) is 0 Å². The van der Waals surface area contributed by atoms with Crippen molar-refractivity contribution in [2.24, 2.45) is 0 Å². The van der Waals surface area contributed by atoms with Gasteiger partial charge in [0.05, 0.1) is 0 Å². The number of aryl methyl sites for hydroxylation is 4. The summed E-state index contributed by atoms with van der Waals surface area (Å²) >= 11 is 2.05. The third-order valence-corrected chi connectivity index (χ3v) is 6.35. The molecule has 0 unspecified atom stereocenters. The average Bonchev–Trinajstić information content (AvgIpc) is 2.74. The molecule has 0 radical (unpaired) electrons. The minimum atomic E-state index is 0. The molecule has 1 heterocycles. The van der Waals surface area contributed by atoms with Crippen LogP contribution in [0.25, 0.3) is 0 Å². The van der Waals surface area contributed by atoms with Crippen molar-refractivity contribution in [2.75, 3.05) is 0 Å². The largest absolute Gasteiger partial charge is 0.147 e. The first-order valence-corrected chi connectivity index (χ1v) is 12.9. The molecule has 3 nitrogen and oxygen atoms in total. The zero-order chi connectivity index (χ0) is 27.1. The first-order chi connectivity index (χ1) is 16.0. The Hall–Kier alpha value is -1.65. The number of benzene rings is 2. The number of phenolic OH excluding ortho intramolecular Hbond substituents is 2. The second-order valence-corrected chi connectivity index (χ2v) is 11.7. The minimum Gasteiger partial charge on any atom is -0.147 e. The van der Waals surface area contributed by atoms with Gasteiger partial charge in [0.25, 0.3) is 0 Å². The second-order valence-electron chi connectivity index (χ2n) is 11.3. The molecular weight excluding hydrogens is 537 g/mol. The van der Waals surface area contributed by atoms with E-state index in [0.717, 1.165) is 16.8 Å². The molecule has 0 spiro atoms. The fraction of sp³-hybridized carbons (Fsp3) is 0.419. The molecule has 3 rings (SSSR count). The predicted molar refractivity (Wildman–Crippen MR) is 161 cm³/mol. The molecule has 2 N–H and O–H groups in total. The topological polar surface area (TPSA) is 53.4 Å². The first-order valence-electron chi connectivity index (χ1n) is 12.0. The molecule has 0 saturated heterocycles. The van der Waals surface area contributed by atoms with Crippen molar-refractivity contribution in [3.05, 3.63) is 87.2 Å². The Morgan fingerprint density at radius 1 is 0.703 bits per heavy atom. The molecular formula is C31H45Cl2NO2Ti. The molecule has 2 aromatic carbocycles. The van der Waals surface area contributed by atoms with Crippen molar-refractivity contribution >= 4 is 29.1 Å². The van der Waals surface area contributed by atoms with Gasteiger partial charge >= 0.3 is 78.6 Å². The van der Waals surface area contributed by atoms with E-state index >= 15 is 0 Å². The van der Waals surface area contributed by atoms with E-state index in [1.165, 1.54) is 27.8 Å². The van der Waals surface area contributed by atoms with Crippen molar-refractivity contribution in [3.8, 4) is 11.5 Å². The maximum absolute atomic E-state index is 9.57. The van der Waals surface area contributed by atoms with Gasteiger partial charge in [-0.2, -0.15) is 0 Å². The van der Waals surface area contributed by atoms with Crippen LogP contribution in [0.2, 0.25) is 0 Å².